The van der Waals surface area contributed by atoms with Crippen molar-refractivity contribution in [2.45, 2.75) is 0 Å². The Morgan fingerprint density at radius 2 is 1.50 bits per heavy atom. The molecule has 0 aliphatic carbocycles. The number of aromatic nitrogens is 2. The average molecular weight is 259 g/mol. The number of anilines is 1. The summed E-state index contributed by atoms with van der Waals surface area (Å²) in [5.74, 6) is 6.64. The Hall–Kier alpha value is -2.99. The van der Waals surface area contributed by atoms with Crippen molar-refractivity contribution in [3.8, 4) is 23.1 Å². The SMILES string of the molecule is Nc1n[nH]c(-c2ccccc2)c1C#Cc1ccccc1. The van der Waals surface area contributed by atoms with Crippen LogP contribution in [0.2, 0.25) is 0 Å². The van der Waals surface area contributed by atoms with Gasteiger partial charge in [0, 0.05) is 11.1 Å². The first-order valence-corrected chi connectivity index (χ1v) is 6.31. The summed E-state index contributed by atoms with van der Waals surface area (Å²) in [6.07, 6.45) is 0. The zero-order valence-corrected chi connectivity index (χ0v) is 10.8. The van der Waals surface area contributed by atoms with Gasteiger partial charge in [-0.1, -0.05) is 60.4 Å². The van der Waals surface area contributed by atoms with Gasteiger partial charge in [-0.15, -0.1) is 0 Å². The maximum absolute atomic E-state index is 5.90. The molecule has 0 bridgehead atoms. The van der Waals surface area contributed by atoms with Crippen LogP contribution in [0.3, 0.4) is 0 Å². The van der Waals surface area contributed by atoms with Crippen LogP contribution in [0.15, 0.2) is 60.7 Å². The van der Waals surface area contributed by atoms with Crippen LogP contribution >= 0.6 is 0 Å². The van der Waals surface area contributed by atoms with Crippen LogP contribution in [0, 0.1) is 11.8 Å². The molecule has 0 aliphatic heterocycles. The lowest BCUT2D eigenvalue weighted by molar-refractivity contribution is 1.10. The number of nitrogens with one attached hydrogen (secondary N) is 1. The van der Waals surface area contributed by atoms with E-state index in [9.17, 15) is 0 Å². The summed E-state index contributed by atoms with van der Waals surface area (Å²) in [5, 5.41) is 7.00. The lowest BCUT2D eigenvalue weighted by Crippen LogP contribution is -1.88. The van der Waals surface area contributed by atoms with Crippen LogP contribution in [0.25, 0.3) is 11.3 Å². The van der Waals surface area contributed by atoms with E-state index in [-0.39, 0.29) is 0 Å². The molecule has 0 saturated carbocycles. The first kappa shape index (κ1) is 12.1. The molecule has 0 aliphatic rings. The van der Waals surface area contributed by atoms with Crippen molar-refractivity contribution in [3.05, 3.63) is 71.8 Å². The number of rotatable bonds is 1. The van der Waals surface area contributed by atoms with E-state index in [1.807, 2.05) is 60.7 Å². The first-order chi connectivity index (χ1) is 9.84. The Morgan fingerprint density at radius 3 is 2.20 bits per heavy atom. The molecule has 3 N–H and O–H groups in total. The van der Waals surface area contributed by atoms with Crippen LogP contribution in [0.5, 0.6) is 0 Å². The second-order valence-electron chi connectivity index (χ2n) is 4.34. The third kappa shape index (κ3) is 2.40. The number of hydrogen-bond acceptors (Lipinski definition) is 2. The highest BCUT2D eigenvalue weighted by atomic mass is 15.2. The van der Waals surface area contributed by atoms with Gasteiger partial charge in [-0.3, -0.25) is 5.10 Å². The average Bonchev–Trinajstić information content (AvgIpc) is 2.88. The molecule has 0 fully saturated rings. The number of aromatic amines is 1. The summed E-state index contributed by atoms with van der Waals surface area (Å²) in [4.78, 5) is 0. The molecule has 3 aromatic rings. The van der Waals surface area contributed by atoms with Crippen LogP contribution in [-0.4, -0.2) is 10.2 Å². The maximum Gasteiger partial charge on any atom is 0.161 e. The standard InChI is InChI=1S/C17H13N3/c18-17-15(12-11-13-7-3-1-4-8-13)16(19-20-17)14-9-5-2-6-10-14/h1-10H,(H3,18,19,20). The number of benzene rings is 2. The van der Waals surface area contributed by atoms with Crippen LogP contribution in [0.1, 0.15) is 11.1 Å². The predicted molar refractivity (Wildman–Crippen MR) is 80.9 cm³/mol. The highest BCUT2D eigenvalue weighted by Gasteiger charge is 2.09. The van der Waals surface area contributed by atoms with Crippen LogP contribution < -0.4 is 5.73 Å². The molecule has 1 aromatic heterocycles. The second kappa shape index (κ2) is 5.33. The molecule has 0 spiro atoms. The smallest absolute Gasteiger partial charge is 0.161 e. The molecule has 3 nitrogen and oxygen atoms in total. The number of H-pyrrole nitrogens is 1. The molecule has 2 aromatic carbocycles. The van der Waals surface area contributed by atoms with Crippen molar-refractivity contribution in [1.29, 1.82) is 0 Å². The number of hydrogen-bond donors (Lipinski definition) is 2. The van der Waals surface area contributed by atoms with Crippen molar-refractivity contribution in [1.82, 2.24) is 10.2 Å². The molecule has 20 heavy (non-hydrogen) atoms. The zero-order chi connectivity index (χ0) is 13.8. The van der Waals surface area contributed by atoms with Gasteiger partial charge in [0.1, 0.15) is 0 Å². The van der Waals surface area contributed by atoms with E-state index in [1.54, 1.807) is 0 Å². The minimum Gasteiger partial charge on any atom is -0.381 e. The minimum atomic E-state index is 0.423. The zero-order valence-electron chi connectivity index (χ0n) is 10.8. The van der Waals surface area contributed by atoms with Gasteiger partial charge in [-0.2, -0.15) is 5.10 Å². The Morgan fingerprint density at radius 1 is 0.850 bits per heavy atom. The molecule has 0 unspecified atom stereocenters. The van der Waals surface area contributed by atoms with Crippen molar-refractivity contribution >= 4 is 5.82 Å². The fourth-order valence-corrected chi connectivity index (χ4v) is 1.95. The van der Waals surface area contributed by atoms with Gasteiger partial charge in [0.25, 0.3) is 0 Å². The quantitative estimate of drug-likeness (QED) is 0.660. The van der Waals surface area contributed by atoms with E-state index in [1.165, 1.54) is 0 Å². The van der Waals surface area contributed by atoms with Crippen molar-refractivity contribution in [2.75, 3.05) is 5.73 Å². The molecular formula is C17H13N3. The molecular weight excluding hydrogens is 246 g/mol. The summed E-state index contributed by atoms with van der Waals surface area (Å²) in [5.41, 5.74) is 9.46. The highest BCUT2D eigenvalue weighted by Crippen LogP contribution is 2.24. The van der Waals surface area contributed by atoms with E-state index in [2.05, 4.69) is 22.0 Å². The lowest BCUT2D eigenvalue weighted by Gasteiger charge is -1.97. The number of nitrogens with two attached hydrogens (primary N) is 1. The highest BCUT2D eigenvalue weighted by molar-refractivity contribution is 5.73. The third-order valence-electron chi connectivity index (χ3n) is 2.96. The molecule has 0 atom stereocenters. The van der Waals surface area contributed by atoms with Crippen LogP contribution in [-0.2, 0) is 0 Å². The predicted octanol–water partition coefficient (Wildman–Crippen LogP) is 3.06. The fraction of sp³-hybridized carbons (Fsp3) is 0. The fourth-order valence-electron chi connectivity index (χ4n) is 1.95. The monoisotopic (exact) mass is 259 g/mol. The Kier molecular flexibility index (Phi) is 3.22. The topological polar surface area (TPSA) is 54.7 Å². The lowest BCUT2D eigenvalue weighted by atomic mass is 10.1. The molecule has 96 valence electrons. The van der Waals surface area contributed by atoms with Crippen molar-refractivity contribution < 1.29 is 0 Å². The summed E-state index contributed by atoms with van der Waals surface area (Å²) < 4.78 is 0. The molecule has 0 radical (unpaired) electrons. The molecule has 1 heterocycles. The van der Waals surface area contributed by atoms with E-state index < -0.39 is 0 Å². The van der Waals surface area contributed by atoms with E-state index >= 15 is 0 Å². The second-order valence-corrected chi connectivity index (χ2v) is 4.34. The summed E-state index contributed by atoms with van der Waals surface area (Å²) >= 11 is 0. The van der Waals surface area contributed by atoms with Gasteiger partial charge in [0.15, 0.2) is 5.82 Å². The Balaban J connectivity index is 2.03. The van der Waals surface area contributed by atoms with E-state index in [0.717, 1.165) is 22.4 Å². The third-order valence-corrected chi connectivity index (χ3v) is 2.96. The van der Waals surface area contributed by atoms with Gasteiger partial charge < -0.3 is 5.73 Å². The Bertz CT molecular complexity index is 762. The van der Waals surface area contributed by atoms with Gasteiger partial charge >= 0.3 is 0 Å². The van der Waals surface area contributed by atoms with E-state index in [4.69, 9.17) is 5.73 Å². The van der Waals surface area contributed by atoms with Gasteiger partial charge in [-0.25, -0.2) is 0 Å². The number of nitrogen functional groups attached to an aromatic ring is 1. The molecule has 3 heteroatoms. The summed E-state index contributed by atoms with van der Waals surface area (Å²) in [6.45, 7) is 0. The van der Waals surface area contributed by atoms with Gasteiger partial charge in [0.05, 0.1) is 11.3 Å². The van der Waals surface area contributed by atoms with Crippen molar-refractivity contribution in [2.24, 2.45) is 0 Å². The van der Waals surface area contributed by atoms with Crippen molar-refractivity contribution in [3.63, 3.8) is 0 Å². The summed E-state index contributed by atoms with van der Waals surface area (Å²) in [7, 11) is 0. The van der Waals surface area contributed by atoms with Gasteiger partial charge in [0.2, 0.25) is 0 Å². The normalized spacial score (nSPS) is 9.80. The van der Waals surface area contributed by atoms with E-state index in [0.29, 0.717) is 5.82 Å². The Labute approximate surface area is 117 Å². The van der Waals surface area contributed by atoms with Gasteiger partial charge in [-0.05, 0) is 12.1 Å². The first-order valence-electron chi connectivity index (χ1n) is 6.31. The molecule has 0 amide bonds. The molecule has 3 rings (SSSR count). The summed E-state index contributed by atoms with van der Waals surface area (Å²) in [6, 6.07) is 19.7. The van der Waals surface area contributed by atoms with Crippen LogP contribution in [0.4, 0.5) is 5.82 Å². The minimum absolute atomic E-state index is 0.423. The maximum atomic E-state index is 5.90. The number of nitrogens with zero attached hydrogens (tertiary/aromatic N) is 1. The molecule has 0 saturated heterocycles. The largest absolute Gasteiger partial charge is 0.381 e.